The van der Waals surface area contributed by atoms with E-state index < -0.39 is 29.7 Å². The Morgan fingerprint density at radius 3 is 2.52 bits per heavy atom. The lowest BCUT2D eigenvalue weighted by Crippen LogP contribution is -2.60. The third kappa shape index (κ3) is 5.34. The molecule has 12 heteroatoms. The molecular formula is C28H31ClFN5O5. The highest BCUT2D eigenvalue weighted by molar-refractivity contribution is 6.25. The minimum Gasteiger partial charge on any atom is -0.380 e. The van der Waals surface area contributed by atoms with Gasteiger partial charge in [-0.1, -0.05) is 18.2 Å². The number of nitrogens with one attached hydrogen (secondary N) is 2. The number of amides is 4. The lowest BCUT2D eigenvalue weighted by Gasteiger charge is -2.46. The molecule has 212 valence electrons. The van der Waals surface area contributed by atoms with Gasteiger partial charge in [-0.2, -0.15) is 0 Å². The molecule has 4 heterocycles. The zero-order chi connectivity index (χ0) is 27.1. The molecule has 2 aromatic rings. The van der Waals surface area contributed by atoms with Gasteiger partial charge in [0.15, 0.2) is 0 Å². The Hall–Kier alpha value is -3.38. The van der Waals surface area contributed by atoms with E-state index in [0.29, 0.717) is 23.8 Å². The molecule has 4 aliphatic heterocycles. The Kier molecular flexibility index (Phi) is 8.18. The van der Waals surface area contributed by atoms with Crippen molar-refractivity contribution in [1.29, 1.82) is 0 Å². The topological polar surface area (TPSA) is 111 Å². The zero-order valence-electron chi connectivity index (χ0n) is 21.9. The number of rotatable bonds is 7. The van der Waals surface area contributed by atoms with Crippen LogP contribution in [0.1, 0.15) is 44.7 Å². The fourth-order valence-electron chi connectivity index (χ4n) is 5.79. The van der Waals surface area contributed by atoms with Crippen molar-refractivity contribution in [3.8, 4) is 0 Å². The number of morpholine rings is 1. The van der Waals surface area contributed by atoms with Crippen molar-refractivity contribution in [2.24, 2.45) is 0 Å². The van der Waals surface area contributed by atoms with Crippen LogP contribution in [-0.2, 0) is 27.4 Å². The second-order valence-corrected chi connectivity index (χ2v) is 10.5. The summed E-state index contributed by atoms with van der Waals surface area (Å²) in [5, 5.41) is 5.29. The summed E-state index contributed by atoms with van der Waals surface area (Å²) in [4.78, 5) is 55.8. The molecule has 10 nitrogen and oxygen atoms in total. The largest absolute Gasteiger partial charge is 0.380 e. The molecule has 0 radical (unpaired) electrons. The van der Waals surface area contributed by atoms with Crippen LogP contribution in [0.3, 0.4) is 0 Å². The number of carbonyl (C=O) groups excluding carboxylic acids is 4. The first-order valence-corrected chi connectivity index (χ1v) is 13.3. The van der Waals surface area contributed by atoms with E-state index in [9.17, 15) is 19.2 Å². The summed E-state index contributed by atoms with van der Waals surface area (Å²) in [7, 11) is 0. The molecule has 6 rings (SSSR count). The molecule has 1 atom stereocenters. The number of hydrogen-bond donors (Lipinski definition) is 2. The standard InChI is InChI=1S/C28H30FN5O5.ClH/c29-21-12-17(14-32-15-19(16-32)33-8-10-39-11-9-33)4-5-18(21)13-30-22-3-1-2-20-25(22)28(38)34(27(20)37)23-6-7-24(35)31-26(23)36;/h1-5,12,19,23,30H,6-11,13-16H2,(H,31,35,36);1H. The Morgan fingerprint density at radius 1 is 1.02 bits per heavy atom. The molecule has 1 unspecified atom stereocenters. The van der Waals surface area contributed by atoms with E-state index in [2.05, 4.69) is 20.4 Å². The van der Waals surface area contributed by atoms with E-state index in [-0.39, 0.29) is 48.7 Å². The molecule has 40 heavy (non-hydrogen) atoms. The first kappa shape index (κ1) is 28.2. The lowest BCUT2D eigenvalue weighted by molar-refractivity contribution is -0.136. The fraction of sp³-hybridized carbons (Fsp3) is 0.429. The highest BCUT2D eigenvalue weighted by Gasteiger charge is 2.45. The molecular weight excluding hydrogens is 541 g/mol. The van der Waals surface area contributed by atoms with Gasteiger partial charge in [0, 0.05) is 63.0 Å². The summed E-state index contributed by atoms with van der Waals surface area (Å²) in [6, 6.07) is 9.52. The smallest absolute Gasteiger partial charge is 0.264 e. The van der Waals surface area contributed by atoms with Gasteiger partial charge >= 0.3 is 0 Å². The molecule has 2 aromatic carbocycles. The number of likely N-dealkylation sites (tertiary alicyclic amines) is 1. The number of nitrogens with zero attached hydrogens (tertiary/aromatic N) is 3. The van der Waals surface area contributed by atoms with Crippen LogP contribution >= 0.6 is 12.4 Å². The average Bonchev–Trinajstić information content (AvgIpc) is 3.16. The van der Waals surface area contributed by atoms with Crippen molar-refractivity contribution in [3.05, 3.63) is 64.5 Å². The van der Waals surface area contributed by atoms with Crippen molar-refractivity contribution in [1.82, 2.24) is 20.0 Å². The number of fused-ring (bicyclic) bond motifs is 1. The van der Waals surface area contributed by atoms with Crippen molar-refractivity contribution in [3.63, 3.8) is 0 Å². The minimum absolute atomic E-state index is 0. The van der Waals surface area contributed by atoms with Crippen LogP contribution in [0.2, 0.25) is 0 Å². The average molecular weight is 572 g/mol. The number of imide groups is 2. The van der Waals surface area contributed by atoms with Crippen molar-refractivity contribution < 1.29 is 28.3 Å². The van der Waals surface area contributed by atoms with Gasteiger partial charge in [0.25, 0.3) is 11.8 Å². The molecule has 4 amide bonds. The normalized spacial score (nSPS) is 22.0. The third-order valence-corrected chi connectivity index (χ3v) is 7.96. The lowest BCUT2D eigenvalue weighted by atomic mass is 10.0. The molecule has 0 aliphatic carbocycles. The van der Waals surface area contributed by atoms with Crippen LogP contribution in [-0.4, -0.2) is 89.8 Å². The van der Waals surface area contributed by atoms with Gasteiger partial charge in [-0.05, 0) is 30.2 Å². The second kappa shape index (κ2) is 11.6. The molecule has 3 fully saturated rings. The number of ether oxygens (including phenoxy) is 1. The molecule has 0 spiro atoms. The summed E-state index contributed by atoms with van der Waals surface area (Å²) in [5.41, 5.74) is 2.05. The van der Waals surface area contributed by atoms with E-state index in [0.717, 1.165) is 49.9 Å². The third-order valence-electron chi connectivity index (χ3n) is 7.96. The number of carbonyl (C=O) groups is 4. The van der Waals surface area contributed by atoms with Gasteiger partial charge in [0.2, 0.25) is 11.8 Å². The Morgan fingerprint density at radius 2 is 1.80 bits per heavy atom. The zero-order valence-corrected chi connectivity index (χ0v) is 22.7. The summed E-state index contributed by atoms with van der Waals surface area (Å²) in [5.74, 6) is -2.61. The number of benzene rings is 2. The Bertz CT molecular complexity index is 1340. The number of piperidine rings is 1. The molecule has 0 bridgehead atoms. The Labute approximate surface area is 237 Å². The van der Waals surface area contributed by atoms with Crippen LogP contribution in [0, 0.1) is 5.82 Å². The SMILES string of the molecule is Cl.O=C1CCC(N2C(=O)c3cccc(NCc4ccc(CN5CC(N6CCOCC6)C5)cc4F)c3C2=O)C(=O)N1. The minimum atomic E-state index is -1.04. The molecule has 0 aromatic heterocycles. The maximum absolute atomic E-state index is 15.0. The van der Waals surface area contributed by atoms with E-state index in [1.54, 1.807) is 24.3 Å². The highest BCUT2D eigenvalue weighted by Crippen LogP contribution is 2.33. The molecule has 2 N–H and O–H groups in total. The summed E-state index contributed by atoms with van der Waals surface area (Å²) >= 11 is 0. The van der Waals surface area contributed by atoms with Crippen molar-refractivity contribution in [2.45, 2.75) is 38.0 Å². The molecule has 4 aliphatic rings. The van der Waals surface area contributed by atoms with Crippen molar-refractivity contribution in [2.75, 3.05) is 44.7 Å². The monoisotopic (exact) mass is 571 g/mol. The summed E-state index contributed by atoms with van der Waals surface area (Å²) < 4.78 is 20.4. The summed E-state index contributed by atoms with van der Waals surface area (Å²) in [6.45, 7) is 6.23. The quantitative estimate of drug-likeness (QED) is 0.484. The maximum Gasteiger partial charge on any atom is 0.264 e. The first-order chi connectivity index (χ1) is 18.9. The number of anilines is 1. The first-order valence-electron chi connectivity index (χ1n) is 13.3. The van der Waals surface area contributed by atoms with Gasteiger partial charge < -0.3 is 10.1 Å². The number of hydrogen-bond acceptors (Lipinski definition) is 8. The fourth-order valence-corrected chi connectivity index (χ4v) is 5.79. The van der Waals surface area contributed by atoms with Crippen LogP contribution in [0.25, 0.3) is 0 Å². The predicted octanol–water partition coefficient (Wildman–Crippen LogP) is 1.78. The van der Waals surface area contributed by atoms with E-state index in [1.807, 2.05) is 6.07 Å². The molecule has 3 saturated heterocycles. The van der Waals surface area contributed by atoms with E-state index in [4.69, 9.17) is 4.74 Å². The maximum atomic E-state index is 15.0. The second-order valence-electron chi connectivity index (χ2n) is 10.5. The van der Waals surface area contributed by atoms with Gasteiger partial charge in [0.1, 0.15) is 11.9 Å². The highest BCUT2D eigenvalue weighted by atomic mass is 35.5. The number of halogens is 2. The van der Waals surface area contributed by atoms with Gasteiger partial charge in [-0.3, -0.25) is 39.2 Å². The van der Waals surface area contributed by atoms with Crippen molar-refractivity contribution >= 4 is 41.7 Å². The van der Waals surface area contributed by atoms with Gasteiger partial charge in [-0.25, -0.2) is 4.39 Å². The van der Waals surface area contributed by atoms with Crippen LogP contribution in [0.15, 0.2) is 36.4 Å². The van der Waals surface area contributed by atoms with E-state index in [1.165, 1.54) is 6.07 Å². The summed E-state index contributed by atoms with van der Waals surface area (Å²) in [6.07, 6.45) is 0.137. The van der Waals surface area contributed by atoms with Crippen LogP contribution < -0.4 is 10.6 Å². The predicted molar refractivity (Wildman–Crippen MR) is 146 cm³/mol. The molecule has 0 saturated carbocycles. The van der Waals surface area contributed by atoms with Gasteiger partial charge in [-0.15, -0.1) is 12.4 Å². The Balaban J connectivity index is 0.00000323. The van der Waals surface area contributed by atoms with Gasteiger partial charge in [0.05, 0.1) is 24.3 Å². The van der Waals surface area contributed by atoms with Crippen LogP contribution in [0.4, 0.5) is 10.1 Å². The van der Waals surface area contributed by atoms with Crippen LogP contribution in [0.5, 0.6) is 0 Å². The van der Waals surface area contributed by atoms with E-state index >= 15 is 4.39 Å².